The second-order valence-corrected chi connectivity index (χ2v) is 10.4. The molecule has 4 heteroatoms. The van der Waals surface area contributed by atoms with E-state index in [9.17, 15) is 4.79 Å². The van der Waals surface area contributed by atoms with Gasteiger partial charge in [0, 0.05) is 26.7 Å². The van der Waals surface area contributed by atoms with E-state index in [2.05, 4.69) is 55.3 Å². The molecular weight excluding hydrogens is 444 g/mol. The number of unbranched alkanes of at least 4 members (excludes halogenated alkanes) is 11. The van der Waals surface area contributed by atoms with E-state index in [4.69, 9.17) is 4.74 Å². The first-order chi connectivity index (χ1) is 17.5. The van der Waals surface area contributed by atoms with Gasteiger partial charge in [-0.2, -0.15) is 0 Å². The monoisotopic (exact) mass is 494 g/mol. The summed E-state index contributed by atoms with van der Waals surface area (Å²) in [6.45, 7) is 3.18. The molecule has 2 aromatic rings. The molecule has 0 N–H and O–H groups in total. The fourth-order valence-corrected chi connectivity index (χ4v) is 4.78. The van der Waals surface area contributed by atoms with Gasteiger partial charge in [0.15, 0.2) is 0 Å². The smallest absolute Gasteiger partial charge is 0.410 e. The van der Waals surface area contributed by atoms with Crippen LogP contribution in [-0.2, 0) is 6.54 Å². The van der Waals surface area contributed by atoms with Crippen molar-refractivity contribution in [1.82, 2.24) is 9.80 Å². The molecule has 200 valence electrons. The maximum absolute atomic E-state index is 12.1. The summed E-state index contributed by atoms with van der Waals surface area (Å²) >= 11 is 0. The number of carbonyl (C=O) groups excluding carboxylic acids is 1. The van der Waals surface area contributed by atoms with Crippen molar-refractivity contribution < 1.29 is 9.53 Å². The lowest BCUT2D eigenvalue weighted by molar-refractivity contribution is 0.171. The Balaban J connectivity index is 1.86. The quantitative estimate of drug-likeness (QED) is 0.194. The van der Waals surface area contributed by atoms with Gasteiger partial charge in [0.25, 0.3) is 0 Å². The average molecular weight is 495 g/mol. The van der Waals surface area contributed by atoms with Gasteiger partial charge in [-0.25, -0.2) is 4.79 Å². The predicted octanol–water partition coefficient (Wildman–Crippen LogP) is 9.01. The minimum absolute atomic E-state index is 0.284. The van der Waals surface area contributed by atoms with Gasteiger partial charge in [0.2, 0.25) is 0 Å². The molecule has 2 aromatic carbocycles. The van der Waals surface area contributed by atoms with E-state index >= 15 is 0 Å². The van der Waals surface area contributed by atoms with Gasteiger partial charge in [-0.1, -0.05) is 126 Å². The third-order valence-electron chi connectivity index (χ3n) is 6.95. The van der Waals surface area contributed by atoms with Crippen molar-refractivity contribution in [3.05, 3.63) is 65.7 Å². The lowest BCUT2D eigenvalue weighted by atomic mass is 9.97. The maximum Gasteiger partial charge on any atom is 0.414 e. The van der Waals surface area contributed by atoms with Crippen LogP contribution in [0.25, 0.3) is 0 Å². The summed E-state index contributed by atoms with van der Waals surface area (Å²) in [6.07, 6.45) is 17.1. The number of ether oxygens (including phenoxy) is 1. The highest BCUT2D eigenvalue weighted by atomic mass is 16.6. The average Bonchev–Trinajstić information content (AvgIpc) is 2.87. The molecule has 0 radical (unpaired) electrons. The van der Waals surface area contributed by atoms with Crippen LogP contribution in [0.4, 0.5) is 4.79 Å². The fourth-order valence-electron chi connectivity index (χ4n) is 4.78. The van der Waals surface area contributed by atoms with Crippen molar-refractivity contribution in [1.29, 1.82) is 0 Å². The van der Waals surface area contributed by atoms with Crippen LogP contribution >= 0.6 is 0 Å². The second-order valence-electron chi connectivity index (χ2n) is 10.4. The molecule has 4 nitrogen and oxygen atoms in total. The van der Waals surface area contributed by atoms with Crippen LogP contribution in [-0.4, -0.2) is 37.0 Å². The van der Waals surface area contributed by atoms with E-state index < -0.39 is 0 Å². The van der Waals surface area contributed by atoms with Crippen molar-refractivity contribution in [2.24, 2.45) is 0 Å². The fraction of sp³-hybridized carbons (Fsp3) is 0.594. The molecule has 0 aliphatic carbocycles. The maximum atomic E-state index is 12.1. The Kier molecular flexibility index (Phi) is 14.9. The number of hydrogen-bond acceptors (Lipinski definition) is 3. The highest BCUT2D eigenvalue weighted by Crippen LogP contribution is 2.30. The van der Waals surface area contributed by atoms with E-state index in [1.54, 1.807) is 14.1 Å². The van der Waals surface area contributed by atoms with E-state index in [-0.39, 0.29) is 12.1 Å². The van der Waals surface area contributed by atoms with E-state index in [0.29, 0.717) is 5.75 Å². The Morgan fingerprint density at radius 3 is 1.92 bits per heavy atom. The van der Waals surface area contributed by atoms with Gasteiger partial charge in [-0.3, -0.25) is 4.90 Å². The standard InChI is InChI=1S/C32H50N2O2/c1-5-6-7-8-9-10-11-12-13-14-15-19-25-31(34(4)27-28-21-17-16-18-22-28)29-23-20-24-30(26-29)36-32(35)33(2)3/h16-18,20-24,26,31H,5-15,19,25,27H2,1-4H3. The van der Waals surface area contributed by atoms with Gasteiger partial charge < -0.3 is 9.64 Å². The predicted molar refractivity (Wildman–Crippen MR) is 152 cm³/mol. The Labute approximate surface area is 221 Å². The molecule has 0 saturated carbocycles. The van der Waals surface area contributed by atoms with Gasteiger partial charge >= 0.3 is 6.09 Å². The first-order valence-corrected chi connectivity index (χ1v) is 14.2. The van der Waals surface area contributed by atoms with Crippen molar-refractivity contribution in [3.63, 3.8) is 0 Å². The Hall–Kier alpha value is -2.33. The van der Waals surface area contributed by atoms with Crippen molar-refractivity contribution in [2.75, 3.05) is 21.1 Å². The molecule has 0 saturated heterocycles. The number of rotatable bonds is 18. The van der Waals surface area contributed by atoms with Gasteiger partial charge in [-0.15, -0.1) is 0 Å². The topological polar surface area (TPSA) is 32.8 Å². The highest BCUT2D eigenvalue weighted by molar-refractivity contribution is 5.70. The van der Waals surface area contributed by atoms with Crippen LogP contribution in [0.2, 0.25) is 0 Å². The third kappa shape index (κ3) is 12.1. The van der Waals surface area contributed by atoms with Gasteiger partial charge in [-0.05, 0) is 36.7 Å². The minimum atomic E-state index is -0.345. The summed E-state index contributed by atoms with van der Waals surface area (Å²) in [5, 5.41) is 0. The van der Waals surface area contributed by atoms with E-state index in [1.165, 1.54) is 93.1 Å². The van der Waals surface area contributed by atoms with Crippen LogP contribution in [0.3, 0.4) is 0 Å². The molecule has 1 atom stereocenters. The molecule has 1 unspecified atom stereocenters. The number of carbonyl (C=O) groups is 1. The van der Waals surface area contributed by atoms with Crippen LogP contribution < -0.4 is 4.74 Å². The molecule has 0 bridgehead atoms. The summed E-state index contributed by atoms with van der Waals surface area (Å²) in [5.74, 6) is 0.610. The summed E-state index contributed by atoms with van der Waals surface area (Å²) < 4.78 is 5.55. The van der Waals surface area contributed by atoms with Crippen LogP contribution in [0, 0.1) is 0 Å². The number of benzene rings is 2. The number of amides is 1. The first-order valence-electron chi connectivity index (χ1n) is 14.2. The SMILES string of the molecule is CCCCCCCCCCCCCCC(c1cccc(OC(=O)N(C)C)c1)N(C)Cc1ccccc1. The molecule has 0 aliphatic heterocycles. The lowest BCUT2D eigenvalue weighted by Crippen LogP contribution is -2.26. The molecule has 36 heavy (non-hydrogen) atoms. The number of hydrogen-bond donors (Lipinski definition) is 0. The zero-order valence-corrected chi connectivity index (χ0v) is 23.4. The van der Waals surface area contributed by atoms with Crippen LogP contribution in [0.1, 0.15) is 108 Å². The summed E-state index contributed by atoms with van der Waals surface area (Å²) in [7, 11) is 5.61. The molecule has 2 rings (SSSR count). The first kappa shape index (κ1) is 29.9. The molecular formula is C32H50N2O2. The van der Waals surface area contributed by atoms with Gasteiger partial charge in [0.1, 0.15) is 5.75 Å². The Morgan fingerprint density at radius 1 is 0.750 bits per heavy atom. The van der Waals surface area contributed by atoms with Crippen LogP contribution in [0.15, 0.2) is 54.6 Å². The molecule has 0 spiro atoms. The largest absolute Gasteiger partial charge is 0.414 e. The van der Waals surface area contributed by atoms with E-state index in [0.717, 1.165) is 13.0 Å². The lowest BCUT2D eigenvalue weighted by Gasteiger charge is -2.29. The number of nitrogens with zero attached hydrogens (tertiary/aromatic N) is 2. The summed E-state index contributed by atoms with van der Waals surface area (Å²) in [6, 6.07) is 19.0. The highest BCUT2D eigenvalue weighted by Gasteiger charge is 2.18. The van der Waals surface area contributed by atoms with Crippen molar-refractivity contribution >= 4 is 6.09 Å². The minimum Gasteiger partial charge on any atom is -0.410 e. The zero-order chi connectivity index (χ0) is 26.0. The second kappa shape index (κ2) is 18.0. The summed E-state index contributed by atoms with van der Waals surface area (Å²) in [5.41, 5.74) is 2.52. The van der Waals surface area contributed by atoms with Crippen LogP contribution in [0.5, 0.6) is 5.75 Å². The van der Waals surface area contributed by atoms with Crippen molar-refractivity contribution in [2.45, 2.75) is 103 Å². The molecule has 0 heterocycles. The molecule has 0 aliphatic rings. The van der Waals surface area contributed by atoms with Crippen molar-refractivity contribution in [3.8, 4) is 5.75 Å². The zero-order valence-electron chi connectivity index (χ0n) is 23.4. The molecule has 1 amide bonds. The normalized spacial score (nSPS) is 12.0. The van der Waals surface area contributed by atoms with E-state index in [1.807, 2.05) is 18.2 Å². The Bertz CT molecular complexity index is 837. The van der Waals surface area contributed by atoms with Gasteiger partial charge in [0.05, 0.1) is 0 Å². The molecule has 0 fully saturated rings. The third-order valence-corrected chi connectivity index (χ3v) is 6.95. The summed E-state index contributed by atoms with van der Waals surface area (Å²) in [4.78, 5) is 15.9. The Morgan fingerprint density at radius 2 is 1.33 bits per heavy atom. The molecule has 0 aromatic heterocycles.